The summed E-state index contributed by atoms with van der Waals surface area (Å²) in [4.78, 5) is 18.3. The predicted octanol–water partition coefficient (Wildman–Crippen LogP) is -1.52. The summed E-state index contributed by atoms with van der Waals surface area (Å²) in [5.74, 6) is 0. The van der Waals surface area contributed by atoms with E-state index < -0.39 is 0 Å². The zero-order valence-electron chi connectivity index (χ0n) is 2.68. The molecule has 0 rings (SSSR count). The predicted molar refractivity (Wildman–Crippen MR) is 31.0 cm³/mol. The van der Waals surface area contributed by atoms with E-state index in [0.717, 1.165) is 0 Å². The van der Waals surface area contributed by atoms with Crippen LogP contribution in [0.1, 0.15) is 6.42 Å². The number of hydrogen-bond acceptors (Lipinski definition) is 2. The molecular weight excluding hydrogens is 81.9 g/mol. The van der Waals surface area contributed by atoms with Crippen LogP contribution in [0.4, 0.5) is 0 Å². The average molecular weight is 88.0 g/mol. The molecule has 0 saturated carbocycles. The Bertz CT molecular complexity index is 40.2. The summed E-state index contributed by atoms with van der Waals surface area (Å²) >= 11 is 0. The SMILES string of the molecule is O=CCC=O.[LiH].[LiH]. The summed E-state index contributed by atoms with van der Waals surface area (Å²) in [5, 5.41) is 0. The van der Waals surface area contributed by atoms with Crippen molar-refractivity contribution >= 4 is 50.3 Å². The molecule has 0 aliphatic heterocycles. The van der Waals surface area contributed by atoms with Gasteiger partial charge in [-0.1, -0.05) is 0 Å². The minimum absolute atomic E-state index is 0. The maximum atomic E-state index is 9.17. The van der Waals surface area contributed by atoms with Gasteiger partial charge < -0.3 is 9.59 Å². The van der Waals surface area contributed by atoms with Gasteiger partial charge in [0, 0.05) is 0 Å². The van der Waals surface area contributed by atoms with Gasteiger partial charge in [-0.3, -0.25) is 0 Å². The molecule has 0 unspecified atom stereocenters. The number of rotatable bonds is 2. The van der Waals surface area contributed by atoms with Gasteiger partial charge in [0.1, 0.15) is 12.6 Å². The second kappa shape index (κ2) is 16.0. The first-order valence-corrected chi connectivity index (χ1v) is 1.29. The van der Waals surface area contributed by atoms with Crippen LogP contribution in [-0.4, -0.2) is 50.3 Å². The van der Waals surface area contributed by atoms with Crippen LogP contribution in [0.5, 0.6) is 0 Å². The second-order valence-corrected chi connectivity index (χ2v) is 0.569. The van der Waals surface area contributed by atoms with E-state index in [1.54, 1.807) is 0 Å². The molecule has 0 atom stereocenters. The molecule has 0 aromatic rings. The summed E-state index contributed by atoms with van der Waals surface area (Å²) in [6, 6.07) is 0. The summed E-state index contributed by atoms with van der Waals surface area (Å²) in [7, 11) is 0. The molecule has 0 fully saturated rings. The van der Waals surface area contributed by atoms with E-state index in [4.69, 9.17) is 0 Å². The first-order chi connectivity index (χ1) is 2.41. The van der Waals surface area contributed by atoms with Crippen LogP contribution in [0.15, 0.2) is 0 Å². The van der Waals surface area contributed by atoms with E-state index >= 15 is 0 Å². The number of carbonyl (C=O) groups is 2. The van der Waals surface area contributed by atoms with Gasteiger partial charge in [0.05, 0.1) is 6.42 Å². The van der Waals surface area contributed by atoms with Gasteiger partial charge in [0.2, 0.25) is 0 Å². The zero-order chi connectivity index (χ0) is 4.12. The standard InChI is InChI=1S/C3H4O2.2Li.2H/c4-2-1-3-5;;;;/h2-3H,1H2;;;;. The molecule has 0 spiro atoms. The molecule has 0 amide bonds. The van der Waals surface area contributed by atoms with Crippen LogP contribution >= 0.6 is 0 Å². The van der Waals surface area contributed by atoms with Crippen LogP contribution in [0, 0.1) is 0 Å². The fraction of sp³-hybridized carbons (Fsp3) is 0.333. The fourth-order valence-electron chi connectivity index (χ4n) is 0.0393. The molecule has 32 valence electrons. The van der Waals surface area contributed by atoms with Gasteiger partial charge >= 0.3 is 37.7 Å². The van der Waals surface area contributed by atoms with E-state index in [1.807, 2.05) is 0 Å². The van der Waals surface area contributed by atoms with Gasteiger partial charge in [-0.2, -0.15) is 0 Å². The molecule has 0 bridgehead atoms. The first kappa shape index (κ1) is 15.6. The third-order valence-corrected chi connectivity index (χ3v) is 0.192. The van der Waals surface area contributed by atoms with Crippen molar-refractivity contribution in [3.63, 3.8) is 0 Å². The Morgan fingerprint density at radius 2 is 1.29 bits per heavy atom. The molecule has 7 heavy (non-hydrogen) atoms. The molecule has 0 N–H and O–H groups in total. The van der Waals surface area contributed by atoms with Gasteiger partial charge in [-0.25, -0.2) is 0 Å². The molecule has 2 nitrogen and oxygen atoms in total. The van der Waals surface area contributed by atoms with Crippen LogP contribution in [0.2, 0.25) is 0 Å². The van der Waals surface area contributed by atoms with Crippen LogP contribution in [-0.2, 0) is 9.59 Å². The Hall–Kier alpha value is 0.535. The van der Waals surface area contributed by atoms with E-state index in [1.165, 1.54) is 0 Å². The third kappa shape index (κ3) is 20.9. The minimum atomic E-state index is 0. The van der Waals surface area contributed by atoms with E-state index in [0.29, 0.717) is 12.6 Å². The van der Waals surface area contributed by atoms with Gasteiger partial charge in [-0.15, -0.1) is 0 Å². The van der Waals surface area contributed by atoms with Crippen molar-refractivity contribution in [2.45, 2.75) is 6.42 Å². The molecule has 0 heterocycles. The van der Waals surface area contributed by atoms with Crippen LogP contribution < -0.4 is 0 Å². The van der Waals surface area contributed by atoms with E-state index in [-0.39, 0.29) is 44.1 Å². The molecule has 0 radical (unpaired) electrons. The second-order valence-electron chi connectivity index (χ2n) is 0.569. The Labute approximate surface area is 66.4 Å². The molecule has 0 aliphatic rings. The molecule has 0 aromatic heterocycles. The van der Waals surface area contributed by atoms with E-state index in [2.05, 4.69) is 0 Å². The molecule has 0 saturated heterocycles. The summed E-state index contributed by atoms with van der Waals surface area (Å²) < 4.78 is 0. The number of carbonyl (C=O) groups excluding carboxylic acids is 2. The monoisotopic (exact) mass is 88.1 g/mol. The number of hydrogen-bond donors (Lipinski definition) is 0. The normalized spacial score (nSPS) is 4.57. The average Bonchev–Trinajstić information content (AvgIpc) is 1.41. The molecule has 0 aromatic carbocycles. The summed E-state index contributed by atoms with van der Waals surface area (Å²) in [6.45, 7) is 0. The summed E-state index contributed by atoms with van der Waals surface area (Å²) in [5.41, 5.74) is 0. The zero-order valence-corrected chi connectivity index (χ0v) is 2.68. The maximum absolute atomic E-state index is 9.17. The van der Waals surface area contributed by atoms with Gasteiger partial charge in [-0.05, 0) is 0 Å². The van der Waals surface area contributed by atoms with E-state index in [9.17, 15) is 9.59 Å². The van der Waals surface area contributed by atoms with Crippen molar-refractivity contribution in [2.24, 2.45) is 0 Å². The quantitative estimate of drug-likeness (QED) is 0.233. The van der Waals surface area contributed by atoms with Gasteiger partial charge in [0.15, 0.2) is 0 Å². The summed E-state index contributed by atoms with van der Waals surface area (Å²) in [6.07, 6.45) is 1.15. The van der Waals surface area contributed by atoms with Crippen molar-refractivity contribution in [3.05, 3.63) is 0 Å². The third-order valence-electron chi connectivity index (χ3n) is 0.192. The van der Waals surface area contributed by atoms with Crippen molar-refractivity contribution in [1.82, 2.24) is 0 Å². The van der Waals surface area contributed by atoms with Crippen molar-refractivity contribution < 1.29 is 9.59 Å². The number of aldehydes is 2. The first-order valence-electron chi connectivity index (χ1n) is 1.29. The van der Waals surface area contributed by atoms with Crippen molar-refractivity contribution in [1.29, 1.82) is 0 Å². The molecule has 4 heteroatoms. The van der Waals surface area contributed by atoms with Crippen LogP contribution in [0.25, 0.3) is 0 Å². The topological polar surface area (TPSA) is 34.1 Å². The van der Waals surface area contributed by atoms with Crippen molar-refractivity contribution in [3.8, 4) is 0 Å². The molecule has 0 aliphatic carbocycles. The molecular formula is C3H6Li2O2. The van der Waals surface area contributed by atoms with Crippen LogP contribution in [0.3, 0.4) is 0 Å². The Morgan fingerprint density at radius 3 is 1.29 bits per heavy atom. The fourth-order valence-corrected chi connectivity index (χ4v) is 0.0393. The van der Waals surface area contributed by atoms with Gasteiger partial charge in [0.25, 0.3) is 0 Å². The Balaban J connectivity index is -0.0000000800. The van der Waals surface area contributed by atoms with Crippen molar-refractivity contribution in [2.75, 3.05) is 0 Å². The Morgan fingerprint density at radius 1 is 1.00 bits per heavy atom. The Kier molecular flexibility index (Phi) is 35.8.